The first-order valence-corrected chi connectivity index (χ1v) is 11.1. The van der Waals surface area contributed by atoms with Gasteiger partial charge in [0.1, 0.15) is 5.82 Å². The lowest BCUT2D eigenvalue weighted by molar-refractivity contribution is -0.148. The van der Waals surface area contributed by atoms with E-state index in [9.17, 15) is 4.79 Å². The van der Waals surface area contributed by atoms with Crippen LogP contribution in [0.4, 0.5) is 5.82 Å². The number of fused-ring (bicyclic) bond motifs is 1. The normalized spacial score (nSPS) is 29.8. The van der Waals surface area contributed by atoms with Crippen LogP contribution in [0, 0.1) is 6.92 Å². The van der Waals surface area contributed by atoms with Crippen LogP contribution in [0.15, 0.2) is 12.3 Å². The minimum Gasteiger partial charge on any atom is -0.355 e. The fourth-order valence-electron chi connectivity index (χ4n) is 4.94. The molecular formula is C21H31N7O2. The average Bonchev–Trinajstić information content (AvgIpc) is 3.46. The molecule has 0 bridgehead atoms. The minimum absolute atomic E-state index is 0.0311. The number of anilines is 1. The Labute approximate surface area is 176 Å². The fourth-order valence-corrected chi connectivity index (χ4v) is 4.94. The SMILES string of the molecule is Cc1cn2nc([C@@H]3CCCCN3C(=O)C3CC(C)NO3)cc2nc1N1CC[C@H](N)C1. The van der Waals surface area contributed by atoms with E-state index in [1.807, 2.05) is 28.6 Å². The number of likely N-dealkylation sites (tertiary alicyclic amines) is 1. The maximum Gasteiger partial charge on any atom is 0.254 e. The van der Waals surface area contributed by atoms with Gasteiger partial charge >= 0.3 is 0 Å². The number of hydrogen-bond acceptors (Lipinski definition) is 7. The molecule has 3 aliphatic heterocycles. The van der Waals surface area contributed by atoms with E-state index in [4.69, 9.17) is 20.7 Å². The third-order valence-electron chi connectivity index (χ3n) is 6.53. The first-order valence-electron chi connectivity index (χ1n) is 11.1. The first-order chi connectivity index (χ1) is 14.5. The molecule has 2 aromatic heterocycles. The van der Waals surface area contributed by atoms with Crippen molar-refractivity contribution in [3.8, 4) is 0 Å². The average molecular weight is 414 g/mol. The van der Waals surface area contributed by atoms with Crippen LogP contribution in [-0.4, -0.2) is 63.2 Å². The van der Waals surface area contributed by atoms with Crippen molar-refractivity contribution in [1.82, 2.24) is 25.0 Å². The number of piperidine rings is 1. The Balaban J connectivity index is 1.43. The molecule has 0 aromatic carbocycles. The second kappa shape index (κ2) is 7.79. The van der Waals surface area contributed by atoms with E-state index in [1.54, 1.807) is 0 Å². The van der Waals surface area contributed by atoms with Gasteiger partial charge in [0.25, 0.3) is 5.91 Å². The van der Waals surface area contributed by atoms with E-state index in [1.165, 1.54) is 0 Å². The molecule has 2 aromatic rings. The molecular weight excluding hydrogens is 382 g/mol. The van der Waals surface area contributed by atoms with Crippen molar-refractivity contribution in [2.24, 2.45) is 5.73 Å². The third kappa shape index (κ3) is 3.55. The van der Waals surface area contributed by atoms with Crippen LogP contribution in [0.1, 0.15) is 56.3 Å². The number of nitrogens with one attached hydrogen (secondary N) is 1. The molecule has 30 heavy (non-hydrogen) atoms. The Bertz CT molecular complexity index is 945. The van der Waals surface area contributed by atoms with Gasteiger partial charge in [-0.3, -0.25) is 9.63 Å². The number of hydrogen-bond donors (Lipinski definition) is 2. The Morgan fingerprint density at radius 1 is 1.30 bits per heavy atom. The molecule has 0 aliphatic carbocycles. The summed E-state index contributed by atoms with van der Waals surface area (Å²) in [6.07, 6.45) is 6.34. The molecule has 3 fully saturated rings. The van der Waals surface area contributed by atoms with E-state index in [0.717, 1.165) is 68.0 Å². The predicted octanol–water partition coefficient (Wildman–Crippen LogP) is 1.31. The molecule has 9 heteroatoms. The van der Waals surface area contributed by atoms with Crippen molar-refractivity contribution >= 4 is 17.4 Å². The monoisotopic (exact) mass is 413 g/mol. The summed E-state index contributed by atoms with van der Waals surface area (Å²) < 4.78 is 1.84. The molecule has 3 saturated heterocycles. The molecule has 1 amide bonds. The van der Waals surface area contributed by atoms with Crippen LogP contribution < -0.4 is 16.1 Å². The number of carbonyl (C=O) groups is 1. The molecule has 9 nitrogen and oxygen atoms in total. The summed E-state index contributed by atoms with van der Waals surface area (Å²) in [4.78, 5) is 27.8. The van der Waals surface area contributed by atoms with E-state index in [2.05, 4.69) is 17.3 Å². The van der Waals surface area contributed by atoms with Crippen LogP contribution >= 0.6 is 0 Å². The highest BCUT2D eigenvalue weighted by Gasteiger charge is 2.37. The zero-order valence-electron chi connectivity index (χ0n) is 17.8. The summed E-state index contributed by atoms with van der Waals surface area (Å²) >= 11 is 0. The van der Waals surface area contributed by atoms with Gasteiger partial charge in [-0.05, 0) is 39.5 Å². The molecule has 2 unspecified atom stereocenters. The standard InChI is InChI=1S/C21H31N7O2/c1-13-11-28-19(23-20(13)26-8-6-15(22)12-26)10-16(24-28)17-5-3-4-7-27(17)21(29)18-9-14(2)25-30-18/h10-11,14-15,17-18,25H,3-9,12,22H2,1-2H3/t14?,15-,17-,18?/m0/s1. The zero-order chi connectivity index (χ0) is 20.8. The van der Waals surface area contributed by atoms with Gasteiger partial charge in [-0.2, -0.15) is 10.6 Å². The highest BCUT2D eigenvalue weighted by Crippen LogP contribution is 2.33. The number of nitrogens with two attached hydrogens (primary N) is 1. The van der Waals surface area contributed by atoms with E-state index < -0.39 is 6.10 Å². The van der Waals surface area contributed by atoms with Crippen LogP contribution in [-0.2, 0) is 9.63 Å². The largest absolute Gasteiger partial charge is 0.355 e. The topological polar surface area (TPSA) is 101 Å². The van der Waals surface area contributed by atoms with Crippen molar-refractivity contribution in [1.29, 1.82) is 0 Å². The summed E-state index contributed by atoms with van der Waals surface area (Å²) in [6.45, 7) is 6.61. The van der Waals surface area contributed by atoms with Crippen molar-refractivity contribution in [3.05, 3.63) is 23.5 Å². The molecule has 0 radical (unpaired) electrons. The van der Waals surface area contributed by atoms with Crippen LogP contribution in [0.3, 0.4) is 0 Å². The van der Waals surface area contributed by atoms with E-state index in [0.29, 0.717) is 6.42 Å². The van der Waals surface area contributed by atoms with Gasteiger partial charge in [-0.25, -0.2) is 9.50 Å². The Morgan fingerprint density at radius 2 is 2.17 bits per heavy atom. The molecule has 0 saturated carbocycles. The lowest BCUT2D eigenvalue weighted by Gasteiger charge is -2.35. The lowest BCUT2D eigenvalue weighted by atomic mass is 9.98. The lowest BCUT2D eigenvalue weighted by Crippen LogP contribution is -2.44. The molecule has 0 spiro atoms. The van der Waals surface area contributed by atoms with Gasteiger partial charge < -0.3 is 15.5 Å². The van der Waals surface area contributed by atoms with Crippen molar-refractivity contribution in [2.45, 2.75) is 70.2 Å². The second-order valence-electron chi connectivity index (χ2n) is 9.02. The van der Waals surface area contributed by atoms with Crippen molar-refractivity contribution in [3.63, 3.8) is 0 Å². The molecule has 5 rings (SSSR count). The highest BCUT2D eigenvalue weighted by atomic mass is 16.7. The van der Waals surface area contributed by atoms with Gasteiger partial charge in [0, 0.05) is 56.0 Å². The maximum atomic E-state index is 13.2. The predicted molar refractivity (Wildman–Crippen MR) is 113 cm³/mol. The number of hydroxylamine groups is 1. The summed E-state index contributed by atoms with van der Waals surface area (Å²) in [5.41, 5.74) is 11.8. The van der Waals surface area contributed by atoms with Gasteiger partial charge in [0.15, 0.2) is 11.8 Å². The number of amides is 1. The zero-order valence-corrected chi connectivity index (χ0v) is 17.8. The Hall–Kier alpha value is -2.23. The minimum atomic E-state index is -0.413. The van der Waals surface area contributed by atoms with Crippen LogP contribution in [0.25, 0.3) is 5.65 Å². The number of nitrogens with zero attached hydrogens (tertiary/aromatic N) is 5. The van der Waals surface area contributed by atoms with E-state index >= 15 is 0 Å². The summed E-state index contributed by atoms with van der Waals surface area (Å²) in [5.74, 6) is 1.04. The number of aryl methyl sites for hydroxylation is 1. The molecule has 3 aliphatic rings. The number of carbonyl (C=O) groups excluding carboxylic acids is 1. The molecule has 3 N–H and O–H groups in total. The summed E-state index contributed by atoms with van der Waals surface area (Å²) in [6, 6.07) is 2.41. The van der Waals surface area contributed by atoms with Crippen LogP contribution in [0.2, 0.25) is 0 Å². The van der Waals surface area contributed by atoms with Gasteiger partial charge in [-0.15, -0.1) is 0 Å². The van der Waals surface area contributed by atoms with Gasteiger partial charge in [-0.1, -0.05) is 0 Å². The molecule has 4 atom stereocenters. The highest BCUT2D eigenvalue weighted by molar-refractivity contribution is 5.81. The third-order valence-corrected chi connectivity index (χ3v) is 6.53. The number of aromatic nitrogens is 3. The summed E-state index contributed by atoms with van der Waals surface area (Å²) in [7, 11) is 0. The van der Waals surface area contributed by atoms with Crippen molar-refractivity contribution < 1.29 is 9.63 Å². The smallest absolute Gasteiger partial charge is 0.254 e. The quantitative estimate of drug-likeness (QED) is 0.782. The second-order valence-corrected chi connectivity index (χ2v) is 9.02. The molecule has 5 heterocycles. The first kappa shape index (κ1) is 19.7. The van der Waals surface area contributed by atoms with Crippen molar-refractivity contribution in [2.75, 3.05) is 24.5 Å². The fraction of sp³-hybridized carbons (Fsp3) is 0.667. The maximum absolute atomic E-state index is 13.2. The van der Waals surface area contributed by atoms with Gasteiger partial charge in [0.2, 0.25) is 0 Å². The van der Waals surface area contributed by atoms with E-state index in [-0.39, 0.29) is 24.0 Å². The Morgan fingerprint density at radius 3 is 2.90 bits per heavy atom. The Kier molecular flexibility index (Phi) is 5.12. The molecule has 162 valence electrons. The van der Waals surface area contributed by atoms with Crippen LogP contribution in [0.5, 0.6) is 0 Å². The summed E-state index contributed by atoms with van der Waals surface area (Å²) in [5, 5.41) is 4.81. The van der Waals surface area contributed by atoms with Gasteiger partial charge in [0.05, 0.1) is 11.7 Å². The number of rotatable bonds is 3.